The molecule has 8 heteroatoms. The Morgan fingerprint density at radius 1 is 1.32 bits per heavy atom. The molecule has 0 aromatic heterocycles. The summed E-state index contributed by atoms with van der Waals surface area (Å²) in [4.78, 5) is 11.9. The molecule has 0 bridgehead atoms. The lowest BCUT2D eigenvalue weighted by Crippen LogP contribution is -2.46. The largest absolute Gasteiger partial charge is 0.573 e. The summed E-state index contributed by atoms with van der Waals surface area (Å²) in [6, 6.07) is 5.51. The van der Waals surface area contributed by atoms with E-state index in [1.54, 1.807) is 6.07 Å². The van der Waals surface area contributed by atoms with E-state index in [2.05, 4.69) is 15.4 Å². The van der Waals surface area contributed by atoms with Crippen LogP contribution in [0.3, 0.4) is 0 Å². The summed E-state index contributed by atoms with van der Waals surface area (Å²) in [7, 11) is 0. The van der Waals surface area contributed by atoms with Crippen molar-refractivity contribution >= 4 is 18.3 Å². The van der Waals surface area contributed by atoms with Gasteiger partial charge in [0.05, 0.1) is 6.04 Å². The van der Waals surface area contributed by atoms with Crippen LogP contribution in [0, 0.1) is 0 Å². The fourth-order valence-corrected chi connectivity index (χ4v) is 2.26. The highest BCUT2D eigenvalue weighted by molar-refractivity contribution is 5.85. The van der Waals surface area contributed by atoms with Crippen LogP contribution < -0.4 is 15.4 Å². The molecule has 0 unspecified atom stereocenters. The lowest BCUT2D eigenvalue weighted by atomic mass is 10.0. The first-order chi connectivity index (χ1) is 9.96. The zero-order valence-corrected chi connectivity index (χ0v) is 12.6. The summed E-state index contributed by atoms with van der Waals surface area (Å²) in [5, 5.41) is 5.73. The number of benzene rings is 1. The number of ether oxygens (including phenoxy) is 1. The Kier molecular flexibility index (Phi) is 6.96. The molecular weight excluding hydrogens is 321 g/mol. The second-order valence-electron chi connectivity index (χ2n) is 4.88. The summed E-state index contributed by atoms with van der Waals surface area (Å²) < 4.78 is 40.8. The first-order valence-corrected chi connectivity index (χ1v) is 6.80. The van der Waals surface area contributed by atoms with Gasteiger partial charge in [0.15, 0.2) is 0 Å². The van der Waals surface area contributed by atoms with Crippen LogP contribution in [0.15, 0.2) is 24.3 Å². The maximum atomic E-state index is 12.3. The average molecular weight is 339 g/mol. The van der Waals surface area contributed by atoms with Gasteiger partial charge in [-0.1, -0.05) is 24.6 Å². The summed E-state index contributed by atoms with van der Waals surface area (Å²) in [5.74, 6) is -0.488. The molecule has 1 saturated heterocycles. The third-order valence-electron chi connectivity index (χ3n) is 3.28. The molecule has 22 heavy (non-hydrogen) atoms. The molecule has 1 fully saturated rings. The van der Waals surface area contributed by atoms with Crippen molar-refractivity contribution in [2.45, 2.75) is 38.2 Å². The second kappa shape index (κ2) is 8.24. The molecule has 0 radical (unpaired) electrons. The van der Waals surface area contributed by atoms with Crippen LogP contribution in [0.5, 0.6) is 5.75 Å². The van der Waals surface area contributed by atoms with Gasteiger partial charge in [-0.3, -0.25) is 4.79 Å². The smallest absolute Gasteiger partial charge is 0.405 e. The summed E-state index contributed by atoms with van der Waals surface area (Å²) in [6.45, 7) is 0.787. The number of hydrogen-bond donors (Lipinski definition) is 2. The van der Waals surface area contributed by atoms with Gasteiger partial charge < -0.3 is 15.4 Å². The van der Waals surface area contributed by atoms with Crippen molar-refractivity contribution in [3.05, 3.63) is 29.8 Å². The van der Waals surface area contributed by atoms with Crippen LogP contribution in [0.4, 0.5) is 13.2 Å². The molecule has 2 N–H and O–H groups in total. The van der Waals surface area contributed by atoms with Gasteiger partial charge in [0.2, 0.25) is 5.91 Å². The van der Waals surface area contributed by atoms with E-state index in [0.29, 0.717) is 5.56 Å². The number of halogens is 4. The first-order valence-electron chi connectivity index (χ1n) is 6.80. The minimum absolute atomic E-state index is 0. The highest BCUT2D eigenvalue weighted by Gasteiger charge is 2.32. The third-order valence-corrected chi connectivity index (χ3v) is 3.28. The Balaban J connectivity index is 0.00000242. The van der Waals surface area contributed by atoms with E-state index in [0.717, 1.165) is 25.8 Å². The number of hydrogen-bond acceptors (Lipinski definition) is 3. The quantitative estimate of drug-likeness (QED) is 0.887. The Morgan fingerprint density at radius 2 is 2.05 bits per heavy atom. The number of alkyl halides is 3. The van der Waals surface area contributed by atoms with Gasteiger partial charge in [0, 0.05) is 12.1 Å². The number of carbonyl (C=O) groups is 1. The summed E-state index contributed by atoms with van der Waals surface area (Å²) >= 11 is 0. The molecule has 124 valence electrons. The predicted molar refractivity (Wildman–Crippen MR) is 77.9 cm³/mol. The third kappa shape index (κ3) is 5.73. The number of para-hydroxylation sites is 1. The molecule has 0 aliphatic carbocycles. The molecule has 1 atom stereocenters. The zero-order chi connectivity index (χ0) is 15.3. The lowest BCUT2D eigenvalue weighted by Gasteiger charge is -2.22. The van der Waals surface area contributed by atoms with Crippen molar-refractivity contribution in [2.75, 3.05) is 6.54 Å². The Labute approximate surface area is 132 Å². The van der Waals surface area contributed by atoms with Crippen molar-refractivity contribution < 1.29 is 22.7 Å². The highest BCUT2D eigenvalue weighted by atomic mass is 35.5. The second-order valence-corrected chi connectivity index (χ2v) is 4.88. The zero-order valence-electron chi connectivity index (χ0n) is 11.8. The Bertz CT molecular complexity index is 491. The van der Waals surface area contributed by atoms with Gasteiger partial charge in [-0.05, 0) is 25.5 Å². The van der Waals surface area contributed by atoms with Gasteiger partial charge in [-0.25, -0.2) is 0 Å². The van der Waals surface area contributed by atoms with E-state index in [1.807, 2.05) is 0 Å². The normalized spacial score (nSPS) is 18.2. The minimum Gasteiger partial charge on any atom is -0.405 e. The molecule has 1 amide bonds. The molecule has 2 rings (SSSR count). The molecule has 1 heterocycles. The number of piperidine rings is 1. The molecular formula is C14H18ClF3N2O2. The highest BCUT2D eigenvalue weighted by Crippen LogP contribution is 2.26. The van der Waals surface area contributed by atoms with Crippen molar-refractivity contribution in [3.8, 4) is 5.75 Å². The van der Waals surface area contributed by atoms with E-state index in [9.17, 15) is 18.0 Å². The van der Waals surface area contributed by atoms with Gasteiger partial charge in [0.1, 0.15) is 5.75 Å². The molecule has 0 saturated carbocycles. The van der Waals surface area contributed by atoms with Crippen LogP contribution in [0.25, 0.3) is 0 Å². The molecule has 1 aromatic carbocycles. The maximum absolute atomic E-state index is 12.3. The Hall–Kier alpha value is -1.47. The fraction of sp³-hybridized carbons (Fsp3) is 0.500. The standard InChI is InChI=1S/C14H17F3N2O2.ClH/c15-14(16,17)21-12-7-2-1-5-10(12)9-19-13(20)11-6-3-4-8-18-11;/h1-2,5,7,11,18H,3-4,6,8-9H2,(H,19,20);1H/t11-;/m1./s1. The van der Waals surface area contributed by atoms with Crippen LogP contribution in [-0.2, 0) is 11.3 Å². The molecule has 0 spiro atoms. The lowest BCUT2D eigenvalue weighted by molar-refractivity contribution is -0.274. The number of nitrogens with one attached hydrogen (secondary N) is 2. The minimum atomic E-state index is -4.75. The predicted octanol–water partition coefficient (Wildman–Crippen LogP) is 2.77. The average Bonchev–Trinajstić information content (AvgIpc) is 2.45. The van der Waals surface area contributed by atoms with Gasteiger partial charge in [0.25, 0.3) is 0 Å². The van der Waals surface area contributed by atoms with E-state index in [-0.39, 0.29) is 36.7 Å². The van der Waals surface area contributed by atoms with E-state index >= 15 is 0 Å². The SMILES string of the molecule is Cl.O=C(NCc1ccccc1OC(F)(F)F)[C@H]1CCCCN1. The van der Waals surface area contributed by atoms with E-state index in [1.165, 1.54) is 18.2 Å². The maximum Gasteiger partial charge on any atom is 0.573 e. The Morgan fingerprint density at radius 3 is 2.68 bits per heavy atom. The molecule has 1 aromatic rings. The van der Waals surface area contributed by atoms with Crippen LogP contribution >= 0.6 is 12.4 Å². The fourth-order valence-electron chi connectivity index (χ4n) is 2.26. The van der Waals surface area contributed by atoms with Gasteiger partial charge in [-0.15, -0.1) is 25.6 Å². The van der Waals surface area contributed by atoms with Gasteiger partial charge >= 0.3 is 6.36 Å². The van der Waals surface area contributed by atoms with Gasteiger partial charge in [-0.2, -0.15) is 0 Å². The van der Waals surface area contributed by atoms with Crippen molar-refractivity contribution in [2.24, 2.45) is 0 Å². The van der Waals surface area contributed by atoms with Crippen LogP contribution in [-0.4, -0.2) is 24.9 Å². The number of carbonyl (C=O) groups excluding carboxylic acids is 1. The number of amides is 1. The number of rotatable bonds is 4. The van der Waals surface area contributed by atoms with Crippen molar-refractivity contribution in [1.29, 1.82) is 0 Å². The summed E-state index contributed by atoms with van der Waals surface area (Å²) in [6.07, 6.45) is -2.00. The molecule has 1 aliphatic rings. The van der Waals surface area contributed by atoms with E-state index < -0.39 is 6.36 Å². The van der Waals surface area contributed by atoms with Crippen molar-refractivity contribution in [3.63, 3.8) is 0 Å². The van der Waals surface area contributed by atoms with Crippen molar-refractivity contribution in [1.82, 2.24) is 10.6 Å². The molecule has 1 aliphatic heterocycles. The topological polar surface area (TPSA) is 50.4 Å². The first kappa shape index (κ1) is 18.6. The van der Waals surface area contributed by atoms with Crippen LogP contribution in [0.2, 0.25) is 0 Å². The van der Waals surface area contributed by atoms with E-state index in [4.69, 9.17) is 0 Å². The monoisotopic (exact) mass is 338 g/mol. The van der Waals surface area contributed by atoms with Crippen LogP contribution in [0.1, 0.15) is 24.8 Å². The molecule has 4 nitrogen and oxygen atoms in total. The summed E-state index contributed by atoms with van der Waals surface area (Å²) in [5.41, 5.74) is 0.291.